The number of thiophene rings is 1. The summed E-state index contributed by atoms with van der Waals surface area (Å²) < 4.78 is 6.44. The quantitative estimate of drug-likeness (QED) is 0.835. The second-order valence-corrected chi connectivity index (χ2v) is 5.67. The predicted octanol–water partition coefficient (Wildman–Crippen LogP) is 3.67. The molecule has 0 saturated carbocycles. The van der Waals surface area contributed by atoms with Crippen LogP contribution in [0.25, 0.3) is 0 Å². The molecule has 4 heteroatoms. The van der Waals surface area contributed by atoms with Gasteiger partial charge in [0, 0.05) is 6.04 Å². The van der Waals surface area contributed by atoms with Gasteiger partial charge in [-0.3, -0.25) is 0 Å². The van der Waals surface area contributed by atoms with Crippen LogP contribution in [0.4, 0.5) is 0 Å². The summed E-state index contributed by atoms with van der Waals surface area (Å²) in [4.78, 5) is 0. The molecule has 0 fully saturated rings. The van der Waals surface area contributed by atoms with Gasteiger partial charge in [0.2, 0.25) is 0 Å². The summed E-state index contributed by atoms with van der Waals surface area (Å²) >= 11 is 3.93. The van der Waals surface area contributed by atoms with E-state index in [1.165, 1.54) is 5.56 Å². The molecule has 0 spiro atoms. The monoisotopic (exact) mass is 347 g/mol. The predicted molar refractivity (Wildman–Crippen MR) is 75.7 cm³/mol. The molecule has 2 nitrogen and oxygen atoms in total. The first-order valence-corrected chi connectivity index (χ1v) is 7.25. The molecule has 1 atom stereocenters. The maximum Gasteiger partial charge on any atom is 0.164 e. The summed E-state index contributed by atoms with van der Waals surface area (Å²) in [6.07, 6.45) is 1.07. The third-order valence-electron chi connectivity index (χ3n) is 2.38. The third kappa shape index (κ3) is 3.61. The average molecular weight is 347 g/mol. The highest BCUT2D eigenvalue weighted by atomic mass is 127. The minimum absolute atomic E-state index is 0.470. The summed E-state index contributed by atoms with van der Waals surface area (Å²) in [5.41, 5.74) is 1.40. The van der Waals surface area contributed by atoms with Crippen LogP contribution < -0.4 is 5.32 Å². The van der Waals surface area contributed by atoms with Crippen LogP contribution in [0.3, 0.4) is 0 Å². The molecule has 0 aromatic carbocycles. The fraction of sp³-hybridized carbons (Fsp3) is 0.333. The van der Waals surface area contributed by atoms with E-state index in [9.17, 15) is 0 Å². The summed E-state index contributed by atoms with van der Waals surface area (Å²) in [5, 5.41) is 7.78. The van der Waals surface area contributed by atoms with Crippen molar-refractivity contribution in [2.75, 3.05) is 0 Å². The van der Waals surface area contributed by atoms with Crippen LogP contribution in [0.2, 0.25) is 0 Å². The van der Waals surface area contributed by atoms with Gasteiger partial charge in [0.25, 0.3) is 0 Å². The number of halogens is 1. The minimum atomic E-state index is 0.470. The molecule has 2 heterocycles. The lowest BCUT2D eigenvalue weighted by molar-refractivity contribution is 0.440. The zero-order valence-electron chi connectivity index (χ0n) is 9.07. The molecule has 86 valence electrons. The van der Waals surface area contributed by atoms with E-state index >= 15 is 0 Å². The van der Waals surface area contributed by atoms with E-state index < -0.39 is 0 Å². The SMILES string of the molecule is CC(Cc1ccsc1)NCc1ccc(I)o1. The molecule has 2 aromatic rings. The van der Waals surface area contributed by atoms with Gasteiger partial charge in [0.05, 0.1) is 6.54 Å². The minimum Gasteiger partial charge on any atom is -0.454 e. The molecule has 2 aromatic heterocycles. The van der Waals surface area contributed by atoms with Crippen LogP contribution in [0, 0.1) is 3.77 Å². The Morgan fingerprint density at radius 2 is 2.31 bits per heavy atom. The van der Waals surface area contributed by atoms with Crippen LogP contribution in [0.5, 0.6) is 0 Å². The highest BCUT2D eigenvalue weighted by Crippen LogP contribution is 2.11. The molecule has 0 bridgehead atoms. The lowest BCUT2D eigenvalue weighted by atomic mass is 10.1. The number of nitrogens with one attached hydrogen (secondary N) is 1. The average Bonchev–Trinajstić information content (AvgIpc) is 2.87. The van der Waals surface area contributed by atoms with E-state index in [0.717, 1.165) is 22.5 Å². The van der Waals surface area contributed by atoms with E-state index in [1.807, 2.05) is 12.1 Å². The van der Waals surface area contributed by atoms with Gasteiger partial charge in [-0.25, -0.2) is 0 Å². The zero-order chi connectivity index (χ0) is 11.4. The normalized spacial score (nSPS) is 12.9. The second kappa shape index (κ2) is 5.84. The van der Waals surface area contributed by atoms with Gasteiger partial charge in [-0.1, -0.05) is 0 Å². The van der Waals surface area contributed by atoms with Crippen molar-refractivity contribution in [3.05, 3.63) is 44.0 Å². The van der Waals surface area contributed by atoms with Gasteiger partial charge >= 0.3 is 0 Å². The molecule has 0 amide bonds. The first kappa shape index (κ1) is 12.1. The fourth-order valence-corrected chi connectivity index (χ4v) is 2.70. The Hall–Kier alpha value is -0.330. The molecule has 0 aliphatic rings. The third-order valence-corrected chi connectivity index (χ3v) is 3.69. The van der Waals surface area contributed by atoms with Gasteiger partial charge in [0.1, 0.15) is 5.76 Å². The Morgan fingerprint density at radius 3 is 2.94 bits per heavy atom. The molecule has 1 unspecified atom stereocenters. The molecule has 0 aliphatic heterocycles. The molecule has 2 rings (SSSR count). The van der Waals surface area contributed by atoms with Gasteiger partial charge in [-0.15, -0.1) is 0 Å². The number of furan rings is 1. The van der Waals surface area contributed by atoms with E-state index in [0.29, 0.717) is 6.04 Å². The van der Waals surface area contributed by atoms with Crippen molar-refractivity contribution in [2.24, 2.45) is 0 Å². The molecule has 16 heavy (non-hydrogen) atoms. The van der Waals surface area contributed by atoms with E-state index in [1.54, 1.807) is 11.3 Å². The highest BCUT2D eigenvalue weighted by Gasteiger charge is 2.05. The molecule has 0 saturated heterocycles. The highest BCUT2D eigenvalue weighted by molar-refractivity contribution is 14.1. The number of hydrogen-bond donors (Lipinski definition) is 1. The fourth-order valence-electron chi connectivity index (χ4n) is 1.56. The number of rotatable bonds is 5. The summed E-state index contributed by atoms with van der Waals surface area (Å²) in [6.45, 7) is 3.00. The van der Waals surface area contributed by atoms with Gasteiger partial charge < -0.3 is 9.73 Å². The maximum absolute atomic E-state index is 5.50. The zero-order valence-corrected chi connectivity index (χ0v) is 12.0. The molecular formula is C12H14INOS. The summed E-state index contributed by atoms with van der Waals surface area (Å²) in [7, 11) is 0. The molecule has 1 N–H and O–H groups in total. The van der Waals surface area contributed by atoms with Gasteiger partial charge in [-0.2, -0.15) is 11.3 Å². The second-order valence-electron chi connectivity index (χ2n) is 3.82. The van der Waals surface area contributed by atoms with Crippen LogP contribution in [-0.4, -0.2) is 6.04 Å². The van der Waals surface area contributed by atoms with Crippen molar-refractivity contribution in [1.82, 2.24) is 5.32 Å². The van der Waals surface area contributed by atoms with Crippen molar-refractivity contribution in [3.8, 4) is 0 Å². The topological polar surface area (TPSA) is 25.2 Å². The van der Waals surface area contributed by atoms with Gasteiger partial charge in [-0.05, 0) is 70.5 Å². The first-order chi connectivity index (χ1) is 7.74. The number of hydrogen-bond acceptors (Lipinski definition) is 3. The van der Waals surface area contributed by atoms with Gasteiger partial charge in [0.15, 0.2) is 3.77 Å². The van der Waals surface area contributed by atoms with E-state index in [2.05, 4.69) is 51.7 Å². The van der Waals surface area contributed by atoms with E-state index in [4.69, 9.17) is 4.42 Å². The Balaban J connectivity index is 1.77. The smallest absolute Gasteiger partial charge is 0.164 e. The lowest BCUT2D eigenvalue weighted by Crippen LogP contribution is -2.27. The van der Waals surface area contributed by atoms with Crippen LogP contribution in [0.15, 0.2) is 33.4 Å². The van der Waals surface area contributed by atoms with Crippen molar-refractivity contribution in [2.45, 2.75) is 25.9 Å². The maximum atomic E-state index is 5.50. The van der Waals surface area contributed by atoms with E-state index in [-0.39, 0.29) is 0 Å². The van der Waals surface area contributed by atoms with Crippen molar-refractivity contribution in [3.63, 3.8) is 0 Å². The Bertz CT molecular complexity index is 424. The van der Waals surface area contributed by atoms with Crippen molar-refractivity contribution in [1.29, 1.82) is 0 Å². The Labute approximate surface area is 113 Å². The van der Waals surface area contributed by atoms with Crippen LogP contribution in [-0.2, 0) is 13.0 Å². The largest absolute Gasteiger partial charge is 0.454 e. The Morgan fingerprint density at radius 1 is 1.44 bits per heavy atom. The first-order valence-electron chi connectivity index (χ1n) is 5.22. The summed E-state index contributed by atoms with van der Waals surface area (Å²) in [5.74, 6) is 1.00. The molecule has 0 radical (unpaired) electrons. The van der Waals surface area contributed by atoms with Crippen molar-refractivity contribution >= 4 is 33.9 Å². The van der Waals surface area contributed by atoms with Crippen LogP contribution in [0.1, 0.15) is 18.2 Å². The standard InChI is InChI=1S/C12H14INOS/c1-9(6-10-4-5-16-8-10)14-7-11-2-3-12(13)15-11/h2-5,8-9,14H,6-7H2,1H3. The molecular weight excluding hydrogens is 333 g/mol. The lowest BCUT2D eigenvalue weighted by Gasteiger charge is -2.11. The Kier molecular flexibility index (Phi) is 4.43. The molecule has 0 aliphatic carbocycles. The summed E-state index contributed by atoms with van der Waals surface area (Å²) in [6, 6.07) is 6.66. The van der Waals surface area contributed by atoms with Crippen LogP contribution >= 0.6 is 33.9 Å². The van der Waals surface area contributed by atoms with Crippen molar-refractivity contribution < 1.29 is 4.42 Å².